The third-order valence-corrected chi connectivity index (χ3v) is 7.26. The molecule has 1 saturated carbocycles. The van der Waals surface area contributed by atoms with E-state index in [0.717, 1.165) is 37.7 Å². The average Bonchev–Trinajstić information content (AvgIpc) is 2.65. The zero-order valence-electron chi connectivity index (χ0n) is 16.8. The number of rotatable bonds is 9. The molecule has 0 unspecified atom stereocenters. The van der Waals surface area contributed by atoms with Gasteiger partial charge in [-0.05, 0) is 63.5 Å². The highest BCUT2D eigenvalue weighted by Gasteiger charge is 2.29. The molecule has 2 N–H and O–H groups in total. The van der Waals surface area contributed by atoms with E-state index in [0.29, 0.717) is 6.54 Å². The molecule has 6 heteroatoms. The summed E-state index contributed by atoms with van der Waals surface area (Å²) in [6.07, 6.45) is 6.39. The Morgan fingerprint density at radius 3 is 2.22 bits per heavy atom. The summed E-state index contributed by atoms with van der Waals surface area (Å²) >= 11 is 0. The van der Waals surface area contributed by atoms with Crippen molar-refractivity contribution in [3.63, 3.8) is 0 Å². The Morgan fingerprint density at radius 2 is 1.67 bits per heavy atom. The summed E-state index contributed by atoms with van der Waals surface area (Å²) in [4.78, 5) is 12.4. The molecule has 1 amide bonds. The molecule has 1 aromatic rings. The first-order valence-corrected chi connectivity index (χ1v) is 11.7. The maximum Gasteiger partial charge on any atom is 0.223 e. The van der Waals surface area contributed by atoms with Gasteiger partial charge in [-0.3, -0.25) is 4.79 Å². The van der Waals surface area contributed by atoms with Gasteiger partial charge in [-0.1, -0.05) is 37.6 Å². The van der Waals surface area contributed by atoms with Crippen LogP contribution in [0.4, 0.5) is 0 Å². The zero-order valence-corrected chi connectivity index (χ0v) is 17.6. The number of unbranched alkanes of at least 4 members (excludes halogenated alkanes) is 1. The summed E-state index contributed by atoms with van der Waals surface area (Å²) in [5, 5.41) is 2.61. The van der Waals surface area contributed by atoms with Crippen molar-refractivity contribution < 1.29 is 13.2 Å². The topological polar surface area (TPSA) is 75.3 Å². The van der Waals surface area contributed by atoms with Crippen molar-refractivity contribution in [2.45, 2.75) is 83.6 Å². The minimum Gasteiger partial charge on any atom is -0.352 e. The van der Waals surface area contributed by atoms with Gasteiger partial charge in [-0.15, -0.1) is 0 Å². The highest BCUT2D eigenvalue weighted by atomic mass is 32.2. The maximum absolute atomic E-state index is 12.4. The number of sulfonamides is 1. The number of benzene rings is 1. The summed E-state index contributed by atoms with van der Waals surface area (Å²) in [7, 11) is -3.24. The summed E-state index contributed by atoms with van der Waals surface area (Å²) in [6.45, 7) is 6.10. The SMILES string of the molecule is CCCCc1ccc(CNC(=O)C2CCC(NS(=O)(=O)C(C)C)CC2)cc1. The highest BCUT2D eigenvalue weighted by Crippen LogP contribution is 2.25. The summed E-state index contributed by atoms with van der Waals surface area (Å²) in [5.74, 6) is 0.0591. The molecule has 5 nitrogen and oxygen atoms in total. The van der Waals surface area contributed by atoms with Crippen molar-refractivity contribution in [3.05, 3.63) is 35.4 Å². The van der Waals surface area contributed by atoms with Gasteiger partial charge in [0.1, 0.15) is 0 Å². The lowest BCUT2D eigenvalue weighted by Crippen LogP contribution is -2.43. The number of carbonyl (C=O) groups is 1. The van der Waals surface area contributed by atoms with Crippen LogP contribution in [-0.4, -0.2) is 25.6 Å². The molecule has 0 bridgehead atoms. The molecule has 0 spiro atoms. The third kappa shape index (κ3) is 6.92. The van der Waals surface area contributed by atoms with Crippen molar-refractivity contribution in [3.8, 4) is 0 Å². The fourth-order valence-electron chi connectivity index (χ4n) is 3.38. The normalized spacial score (nSPS) is 20.6. The van der Waals surface area contributed by atoms with E-state index in [9.17, 15) is 13.2 Å². The first-order valence-electron chi connectivity index (χ1n) is 10.2. The van der Waals surface area contributed by atoms with E-state index in [2.05, 4.69) is 41.2 Å². The van der Waals surface area contributed by atoms with Crippen molar-refractivity contribution in [1.82, 2.24) is 10.0 Å². The molecule has 0 aliphatic heterocycles. The van der Waals surface area contributed by atoms with Crippen LogP contribution in [0.25, 0.3) is 0 Å². The van der Waals surface area contributed by atoms with E-state index in [1.165, 1.54) is 18.4 Å². The first kappa shape index (κ1) is 21.9. The first-order chi connectivity index (χ1) is 12.8. The summed E-state index contributed by atoms with van der Waals surface area (Å²) in [5.41, 5.74) is 2.45. The zero-order chi connectivity index (χ0) is 19.9. The molecule has 0 heterocycles. The fourth-order valence-corrected chi connectivity index (χ4v) is 4.35. The largest absolute Gasteiger partial charge is 0.352 e. The Balaban J connectivity index is 1.74. The van der Waals surface area contributed by atoms with Crippen molar-refractivity contribution in [2.24, 2.45) is 5.92 Å². The third-order valence-electron chi connectivity index (χ3n) is 5.36. The second kappa shape index (κ2) is 10.2. The minimum atomic E-state index is -3.24. The highest BCUT2D eigenvalue weighted by molar-refractivity contribution is 7.90. The van der Waals surface area contributed by atoms with Gasteiger partial charge in [-0.25, -0.2) is 13.1 Å². The Morgan fingerprint density at radius 1 is 1.07 bits per heavy atom. The minimum absolute atomic E-state index is 0.0198. The predicted octanol–water partition coefficient (Wildman–Crippen LogP) is 3.53. The van der Waals surface area contributed by atoms with E-state index >= 15 is 0 Å². The van der Waals surface area contributed by atoms with E-state index in [-0.39, 0.29) is 17.9 Å². The molecule has 1 fully saturated rings. The molecule has 1 aromatic carbocycles. The molecular formula is C21H34N2O3S. The van der Waals surface area contributed by atoms with Gasteiger partial charge in [-0.2, -0.15) is 0 Å². The monoisotopic (exact) mass is 394 g/mol. The molecule has 27 heavy (non-hydrogen) atoms. The molecule has 0 saturated heterocycles. The van der Waals surface area contributed by atoms with Gasteiger partial charge in [0.2, 0.25) is 15.9 Å². The molecule has 0 radical (unpaired) electrons. The van der Waals surface area contributed by atoms with Crippen LogP contribution in [0.3, 0.4) is 0 Å². The Hall–Kier alpha value is -1.40. The Labute approximate surface area is 164 Å². The molecule has 2 rings (SSSR count). The van der Waals surface area contributed by atoms with Crippen molar-refractivity contribution in [1.29, 1.82) is 0 Å². The van der Waals surface area contributed by atoms with Crippen LogP contribution in [0.2, 0.25) is 0 Å². The maximum atomic E-state index is 12.4. The van der Waals surface area contributed by atoms with Gasteiger partial charge < -0.3 is 5.32 Å². The molecule has 0 aromatic heterocycles. The van der Waals surface area contributed by atoms with Crippen LogP contribution >= 0.6 is 0 Å². The Bertz CT molecular complexity index is 691. The second-order valence-electron chi connectivity index (χ2n) is 7.90. The lowest BCUT2D eigenvalue weighted by Gasteiger charge is -2.28. The molecule has 1 aliphatic carbocycles. The van der Waals surface area contributed by atoms with Gasteiger partial charge in [0.05, 0.1) is 5.25 Å². The van der Waals surface area contributed by atoms with Crippen LogP contribution in [0, 0.1) is 5.92 Å². The predicted molar refractivity (Wildman–Crippen MR) is 110 cm³/mol. The fraction of sp³-hybridized carbons (Fsp3) is 0.667. The number of amides is 1. The lowest BCUT2D eigenvalue weighted by molar-refractivity contribution is -0.126. The average molecular weight is 395 g/mol. The van der Waals surface area contributed by atoms with Crippen molar-refractivity contribution in [2.75, 3.05) is 0 Å². The molecular weight excluding hydrogens is 360 g/mol. The van der Waals surface area contributed by atoms with Gasteiger partial charge in [0.15, 0.2) is 0 Å². The number of carbonyl (C=O) groups excluding carboxylic acids is 1. The van der Waals surface area contributed by atoms with Crippen LogP contribution < -0.4 is 10.0 Å². The number of aryl methyl sites for hydroxylation is 1. The smallest absolute Gasteiger partial charge is 0.223 e. The molecule has 0 atom stereocenters. The van der Waals surface area contributed by atoms with Crippen LogP contribution in [0.1, 0.15) is 70.4 Å². The summed E-state index contributed by atoms with van der Waals surface area (Å²) < 4.78 is 26.7. The van der Waals surface area contributed by atoms with E-state index < -0.39 is 15.3 Å². The summed E-state index contributed by atoms with van der Waals surface area (Å²) in [6, 6.07) is 8.41. The van der Waals surface area contributed by atoms with Crippen LogP contribution in [-0.2, 0) is 27.8 Å². The van der Waals surface area contributed by atoms with Crippen molar-refractivity contribution >= 4 is 15.9 Å². The quantitative estimate of drug-likeness (QED) is 0.673. The van der Waals surface area contributed by atoms with E-state index in [1.807, 2.05) is 0 Å². The van der Waals surface area contributed by atoms with E-state index in [1.54, 1.807) is 13.8 Å². The van der Waals surface area contributed by atoms with E-state index in [4.69, 9.17) is 0 Å². The molecule has 152 valence electrons. The lowest BCUT2D eigenvalue weighted by atomic mass is 9.86. The Kier molecular flexibility index (Phi) is 8.29. The standard InChI is InChI=1S/C21H34N2O3S/c1-4-5-6-17-7-9-18(10-8-17)15-22-21(24)19-11-13-20(14-12-19)23-27(25,26)16(2)3/h7-10,16,19-20,23H,4-6,11-15H2,1-3H3,(H,22,24). The number of hydrogen-bond acceptors (Lipinski definition) is 3. The van der Waals surface area contributed by atoms with Crippen LogP contribution in [0.5, 0.6) is 0 Å². The molecule has 1 aliphatic rings. The number of hydrogen-bond donors (Lipinski definition) is 2. The van der Waals surface area contributed by atoms with Gasteiger partial charge >= 0.3 is 0 Å². The number of nitrogens with one attached hydrogen (secondary N) is 2. The second-order valence-corrected chi connectivity index (χ2v) is 10.2. The van der Waals surface area contributed by atoms with Gasteiger partial charge in [0.25, 0.3) is 0 Å². The van der Waals surface area contributed by atoms with Crippen LogP contribution in [0.15, 0.2) is 24.3 Å². The van der Waals surface area contributed by atoms with Gasteiger partial charge in [0, 0.05) is 18.5 Å².